The lowest BCUT2D eigenvalue weighted by atomic mass is 9.30. The van der Waals surface area contributed by atoms with Gasteiger partial charge in [-0.3, -0.25) is 0 Å². The van der Waals surface area contributed by atoms with Crippen molar-refractivity contribution in [2.45, 2.75) is 0 Å². The molecule has 0 N–H and O–H groups in total. The van der Waals surface area contributed by atoms with E-state index in [9.17, 15) is 0 Å². The van der Waals surface area contributed by atoms with Crippen LogP contribution in [0.4, 0.5) is 102 Å². The standard InChI is InChI=1S/C102H66B2N6S2/c1-8-33-67(34-9-1)76-49-30-50-77(68-35-10-2-11-36-68)100(76)110-87-56-27-25-54-83(87)104-84-65-85-91(66-90(84)108(73-45-20-7-21-46-73)93-63-75(64-95(110)99(93)104)106(71-41-16-5-17-42-71)88-57-31-51-80-78-47-22-28-59-96(78)111-101(80)88)109(89-58-32-52-81-79-48-23-29-60-97(79)112-102(81)89)94-62-74(105(69-37-12-3-13-38-69)70-39-14-4-15-40-70)61-92-98(94)103(85)82-53-24-26-55-86(82)107(92)72-43-18-6-19-44-72/h1-66H. The summed E-state index contributed by atoms with van der Waals surface area (Å²) in [5.41, 5.74) is 31.7. The predicted octanol–water partition coefficient (Wildman–Crippen LogP) is 24.9. The summed E-state index contributed by atoms with van der Waals surface area (Å²) in [5, 5.41) is 4.98. The summed E-state index contributed by atoms with van der Waals surface area (Å²) >= 11 is 3.76. The molecule has 0 atom stereocenters. The first kappa shape index (κ1) is 64.1. The van der Waals surface area contributed by atoms with E-state index in [1.54, 1.807) is 0 Å². The minimum absolute atomic E-state index is 0.235. The van der Waals surface area contributed by atoms with Crippen LogP contribution >= 0.6 is 22.7 Å². The average molecular weight is 1460 g/mol. The van der Waals surface area contributed by atoms with Crippen LogP contribution in [0.5, 0.6) is 0 Å². The van der Waals surface area contributed by atoms with Crippen molar-refractivity contribution in [3.63, 3.8) is 0 Å². The number of rotatable bonds is 12. The molecule has 0 unspecified atom stereocenters. The van der Waals surface area contributed by atoms with Gasteiger partial charge in [0.25, 0.3) is 13.4 Å². The molecular formula is C102H66B2N6S2. The molecule has 2 aromatic heterocycles. The second-order valence-corrected chi connectivity index (χ2v) is 31.5. The normalized spacial score (nSPS) is 12.9. The number of hydrogen-bond donors (Lipinski definition) is 0. The third-order valence-corrected chi connectivity index (χ3v) is 25.7. The van der Waals surface area contributed by atoms with E-state index in [4.69, 9.17) is 0 Å². The second kappa shape index (κ2) is 25.9. The van der Waals surface area contributed by atoms with Crippen molar-refractivity contribution in [1.82, 2.24) is 0 Å². The first-order chi connectivity index (χ1) is 55.6. The van der Waals surface area contributed by atoms with Crippen LogP contribution in [0.2, 0.25) is 0 Å². The van der Waals surface area contributed by atoms with Crippen LogP contribution in [0.1, 0.15) is 0 Å². The summed E-state index contributed by atoms with van der Waals surface area (Å²) in [6.45, 7) is -0.513. The Morgan fingerprint density at radius 1 is 0.223 bits per heavy atom. The lowest BCUT2D eigenvalue weighted by molar-refractivity contribution is 1.22. The molecule has 522 valence electrons. The molecule has 17 aromatic carbocycles. The molecule has 23 rings (SSSR count). The number of hydrogen-bond acceptors (Lipinski definition) is 8. The average Bonchev–Trinajstić information content (AvgIpc) is 0.879. The molecule has 0 bridgehead atoms. The molecule has 0 radical (unpaired) electrons. The Balaban J connectivity index is 0.870. The highest BCUT2D eigenvalue weighted by Crippen LogP contribution is 2.57. The molecule has 112 heavy (non-hydrogen) atoms. The maximum absolute atomic E-state index is 2.68. The molecule has 6 nitrogen and oxygen atoms in total. The van der Waals surface area contributed by atoms with Crippen molar-refractivity contribution >= 4 is 212 Å². The second-order valence-electron chi connectivity index (χ2n) is 29.4. The van der Waals surface area contributed by atoms with Gasteiger partial charge in [-0.15, -0.1) is 22.7 Å². The van der Waals surface area contributed by atoms with E-state index < -0.39 is 0 Å². The van der Waals surface area contributed by atoms with Crippen LogP contribution in [-0.4, -0.2) is 13.4 Å². The molecule has 6 heterocycles. The number of benzene rings is 17. The summed E-state index contributed by atoms with van der Waals surface area (Å²) in [4.78, 5) is 15.5. The summed E-state index contributed by atoms with van der Waals surface area (Å²) < 4.78 is 4.96. The van der Waals surface area contributed by atoms with Gasteiger partial charge in [-0.1, -0.05) is 273 Å². The maximum atomic E-state index is 2.68. The predicted molar refractivity (Wildman–Crippen MR) is 481 cm³/mol. The van der Waals surface area contributed by atoms with E-state index in [2.05, 4.69) is 430 Å². The van der Waals surface area contributed by atoms with E-state index in [0.717, 1.165) is 125 Å². The van der Waals surface area contributed by atoms with Gasteiger partial charge in [0, 0.05) is 116 Å². The first-order valence-corrected chi connectivity index (χ1v) is 40.1. The van der Waals surface area contributed by atoms with Crippen molar-refractivity contribution in [1.29, 1.82) is 0 Å². The SMILES string of the molecule is c1ccc(-c2cccc(-c3ccccc3)c2N2c3ccccc3B3c4cc5c(cc4N(c4ccccc4)c4cc(N(c6ccccc6)c6cccc7c6sc6ccccc67)cc2c43)N(c2cccc3c2sc2ccccc23)c2cc(N(c3ccccc3)c3ccccc3)cc3c2B5c2ccccc2N3c2ccccc2)cc1. The molecule has 4 aliphatic rings. The molecular weight excluding hydrogens is 1390 g/mol. The monoisotopic (exact) mass is 1460 g/mol. The molecule has 0 spiro atoms. The van der Waals surface area contributed by atoms with E-state index in [0.29, 0.717) is 0 Å². The van der Waals surface area contributed by atoms with E-state index in [-0.39, 0.29) is 13.4 Å². The highest BCUT2D eigenvalue weighted by Gasteiger charge is 2.50. The van der Waals surface area contributed by atoms with Gasteiger partial charge in [0.15, 0.2) is 0 Å². The zero-order valence-corrected chi connectivity index (χ0v) is 62.4. The topological polar surface area (TPSA) is 19.4 Å². The molecule has 0 amide bonds. The lowest BCUT2D eigenvalue weighted by Crippen LogP contribution is -2.65. The molecule has 0 aliphatic carbocycles. The van der Waals surface area contributed by atoms with Gasteiger partial charge >= 0.3 is 0 Å². The molecule has 4 aliphatic heterocycles. The number of fused-ring (bicyclic) bond motifs is 14. The van der Waals surface area contributed by atoms with Crippen molar-refractivity contribution in [3.8, 4) is 22.3 Å². The molecule has 0 saturated carbocycles. The third-order valence-electron chi connectivity index (χ3n) is 23.3. The van der Waals surface area contributed by atoms with Crippen LogP contribution in [0.15, 0.2) is 400 Å². The molecule has 19 aromatic rings. The molecule has 0 fully saturated rings. The minimum Gasteiger partial charge on any atom is -0.311 e. The van der Waals surface area contributed by atoms with Gasteiger partial charge in [0.05, 0.1) is 37.8 Å². The van der Waals surface area contributed by atoms with Crippen LogP contribution in [0.3, 0.4) is 0 Å². The minimum atomic E-state index is -0.278. The van der Waals surface area contributed by atoms with Crippen molar-refractivity contribution < 1.29 is 0 Å². The summed E-state index contributed by atoms with van der Waals surface area (Å²) in [5.74, 6) is 0. The Morgan fingerprint density at radius 3 is 1.12 bits per heavy atom. The lowest BCUT2D eigenvalue weighted by Gasteiger charge is -2.48. The quantitative estimate of drug-likeness (QED) is 0.113. The van der Waals surface area contributed by atoms with E-state index >= 15 is 0 Å². The fraction of sp³-hybridized carbons (Fsp3) is 0. The number of thiophene rings is 2. The number of anilines is 18. The van der Waals surface area contributed by atoms with Gasteiger partial charge in [-0.25, -0.2) is 0 Å². The Hall–Kier alpha value is -13.9. The van der Waals surface area contributed by atoms with Crippen LogP contribution in [0, 0.1) is 0 Å². The highest BCUT2D eigenvalue weighted by molar-refractivity contribution is 7.27. The Bertz CT molecular complexity index is 6850. The number of nitrogens with zero attached hydrogens (tertiary/aromatic N) is 6. The Labute approximate surface area is 658 Å². The first-order valence-electron chi connectivity index (χ1n) is 38.5. The van der Waals surface area contributed by atoms with Crippen LogP contribution < -0.4 is 62.2 Å². The summed E-state index contributed by atoms with van der Waals surface area (Å²) in [7, 11) is 0. The third kappa shape index (κ3) is 9.92. The van der Waals surface area contributed by atoms with Crippen molar-refractivity contribution in [2.75, 3.05) is 29.4 Å². The van der Waals surface area contributed by atoms with Gasteiger partial charge in [0.1, 0.15) is 0 Å². The van der Waals surface area contributed by atoms with E-state index in [1.807, 2.05) is 22.7 Å². The van der Waals surface area contributed by atoms with Crippen LogP contribution in [0.25, 0.3) is 62.6 Å². The summed E-state index contributed by atoms with van der Waals surface area (Å²) in [6.07, 6.45) is 0. The zero-order valence-electron chi connectivity index (χ0n) is 60.8. The van der Waals surface area contributed by atoms with Gasteiger partial charge in [-0.2, -0.15) is 0 Å². The fourth-order valence-electron chi connectivity index (χ4n) is 18.7. The fourth-order valence-corrected chi connectivity index (χ4v) is 21.1. The van der Waals surface area contributed by atoms with Gasteiger partial charge in [-0.05, 0) is 171 Å². The molecule has 10 heteroatoms. The highest BCUT2D eigenvalue weighted by atomic mass is 32.1. The van der Waals surface area contributed by atoms with Gasteiger partial charge < -0.3 is 29.4 Å². The number of para-hydroxylation sites is 8. The molecule has 0 saturated heterocycles. The maximum Gasteiger partial charge on any atom is 0.252 e. The zero-order chi connectivity index (χ0) is 73.5. The Kier molecular flexibility index (Phi) is 14.8. The van der Waals surface area contributed by atoms with Crippen molar-refractivity contribution in [2.24, 2.45) is 0 Å². The smallest absolute Gasteiger partial charge is 0.252 e. The van der Waals surface area contributed by atoms with Crippen molar-refractivity contribution in [3.05, 3.63) is 400 Å². The Morgan fingerprint density at radius 2 is 0.589 bits per heavy atom. The van der Waals surface area contributed by atoms with Gasteiger partial charge in [0.2, 0.25) is 0 Å². The van der Waals surface area contributed by atoms with E-state index in [1.165, 1.54) is 73.1 Å². The van der Waals surface area contributed by atoms with Crippen LogP contribution in [-0.2, 0) is 0 Å². The summed E-state index contributed by atoms with van der Waals surface area (Å²) in [6, 6.07) is 150. The largest absolute Gasteiger partial charge is 0.311 e.